The van der Waals surface area contributed by atoms with Crippen LogP contribution in [0.1, 0.15) is 23.0 Å². The van der Waals surface area contributed by atoms with Crippen LogP contribution in [0.5, 0.6) is 5.75 Å². The number of hydrogen-bond donors (Lipinski definition) is 2. The van der Waals surface area contributed by atoms with Gasteiger partial charge >= 0.3 is 0 Å². The first kappa shape index (κ1) is 21.7. The molecule has 2 aromatic rings. The Morgan fingerprint density at radius 3 is 2.74 bits per heavy atom. The van der Waals surface area contributed by atoms with Gasteiger partial charge in [0.15, 0.2) is 0 Å². The minimum absolute atomic E-state index is 0. The summed E-state index contributed by atoms with van der Waals surface area (Å²) in [6.07, 6.45) is 0. The predicted molar refractivity (Wildman–Crippen MR) is 98.2 cm³/mol. The van der Waals surface area contributed by atoms with Crippen molar-refractivity contribution in [2.45, 2.75) is 19.6 Å². The van der Waals surface area contributed by atoms with E-state index in [1.54, 1.807) is 17.6 Å². The van der Waals surface area contributed by atoms with E-state index in [0.717, 1.165) is 5.69 Å². The first-order chi connectivity index (χ1) is 10.2. The Bertz CT molecular complexity index is 582. The molecule has 0 saturated carbocycles. The molecule has 0 saturated heterocycles. The Hall–Kier alpha value is -1.34. The van der Waals surface area contributed by atoms with E-state index in [0.29, 0.717) is 24.5 Å². The van der Waals surface area contributed by atoms with Crippen LogP contribution in [-0.2, 0) is 6.61 Å². The first-order valence-electron chi connectivity index (χ1n) is 6.75. The lowest BCUT2D eigenvalue weighted by molar-refractivity contribution is 0.0946. The Kier molecular flexibility index (Phi) is 10.6. The summed E-state index contributed by atoms with van der Waals surface area (Å²) >= 11 is 1.52. The van der Waals surface area contributed by atoms with Gasteiger partial charge in [0.25, 0.3) is 5.91 Å². The summed E-state index contributed by atoms with van der Waals surface area (Å²) in [7, 11) is 1.86. The second-order valence-corrected chi connectivity index (χ2v) is 5.38. The van der Waals surface area contributed by atoms with Gasteiger partial charge in [-0.25, -0.2) is 4.98 Å². The number of aromatic nitrogens is 1. The van der Waals surface area contributed by atoms with E-state index in [2.05, 4.69) is 15.6 Å². The zero-order chi connectivity index (χ0) is 15.1. The molecule has 0 aliphatic heterocycles. The maximum atomic E-state index is 12.2. The van der Waals surface area contributed by atoms with Gasteiger partial charge in [-0.1, -0.05) is 12.1 Å². The molecule has 0 spiro atoms. The fraction of sp³-hybridized carbons (Fsp3) is 0.333. The van der Waals surface area contributed by atoms with Crippen LogP contribution in [0.15, 0.2) is 35.2 Å². The number of carbonyl (C=O) groups is 1. The number of ether oxygens (including phenoxy) is 1. The van der Waals surface area contributed by atoms with Crippen molar-refractivity contribution >= 4 is 42.1 Å². The van der Waals surface area contributed by atoms with Gasteiger partial charge in [0.1, 0.15) is 12.4 Å². The van der Waals surface area contributed by atoms with Gasteiger partial charge in [-0.15, -0.1) is 36.2 Å². The molecule has 128 valence electrons. The molecule has 2 rings (SSSR count). The molecule has 0 bridgehead atoms. The molecule has 1 aromatic carbocycles. The number of carbonyl (C=O) groups excluding carboxylic acids is 1. The van der Waals surface area contributed by atoms with Crippen LogP contribution in [0.2, 0.25) is 0 Å². The highest BCUT2D eigenvalue weighted by Crippen LogP contribution is 2.19. The molecule has 0 fully saturated rings. The quantitative estimate of drug-likeness (QED) is 0.778. The van der Waals surface area contributed by atoms with Crippen molar-refractivity contribution in [1.82, 2.24) is 15.6 Å². The third kappa shape index (κ3) is 6.74. The van der Waals surface area contributed by atoms with Crippen molar-refractivity contribution in [3.05, 3.63) is 46.4 Å². The number of nitrogens with one attached hydrogen (secondary N) is 2. The Balaban J connectivity index is 0.00000242. The van der Waals surface area contributed by atoms with Gasteiger partial charge < -0.3 is 15.4 Å². The minimum atomic E-state index is -0.133. The standard InChI is InChI=1S/C15H19N3O2S.2ClH/c1-11(16-2)7-17-15(19)13-5-3-4-6-14(13)20-8-12-9-21-10-18-12;;/h3-6,9-11,16H,7-8H2,1-2H3,(H,17,19);2*1H. The van der Waals surface area contributed by atoms with E-state index in [1.807, 2.05) is 31.5 Å². The van der Waals surface area contributed by atoms with E-state index >= 15 is 0 Å². The van der Waals surface area contributed by atoms with Crippen molar-refractivity contribution in [1.29, 1.82) is 0 Å². The van der Waals surface area contributed by atoms with Crippen molar-refractivity contribution < 1.29 is 9.53 Å². The molecule has 23 heavy (non-hydrogen) atoms. The number of halogens is 2. The highest BCUT2D eigenvalue weighted by molar-refractivity contribution is 7.07. The van der Waals surface area contributed by atoms with Gasteiger partial charge in [-0.3, -0.25) is 4.79 Å². The van der Waals surface area contributed by atoms with Crippen LogP contribution in [0.4, 0.5) is 0 Å². The van der Waals surface area contributed by atoms with Crippen molar-refractivity contribution in [2.75, 3.05) is 13.6 Å². The Morgan fingerprint density at radius 2 is 2.09 bits per heavy atom. The van der Waals surface area contributed by atoms with E-state index in [4.69, 9.17) is 4.74 Å². The number of benzene rings is 1. The smallest absolute Gasteiger partial charge is 0.255 e. The molecule has 0 radical (unpaired) electrons. The molecule has 1 aromatic heterocycles. The predicted octanol–water partition coefficient (Wildman–Crippen LogP) is 2.90. The normalized spacial score (nSPS) is 10.9. The summed E-state index contributed by atoms with van der Waals surface area (Å²) in [5.41, 5.74) is 3.16. The second-order valence-electron chi connectivity index (χ2n) is 4.66. The Morgan fingerprint density at radius 1 is 1.35 bits per heavy atom. The van der Waals surface area contributed by atoms with Gasteiger partial charge in [0.05, 0.1) is 16.8 Å². The summed E-state index contributed by atoms with van der Waals surface area (Å²) < 4.78 is 5.70. The summed E-state index contributed by atoms with van der Waals surface area (Å²) in [6.45, 7) is 2.93. The highest BCUT2D eigenvalue weighted by atomic mass is 35.5. The van der Waals surface area contributed by atoms with E-state index < -0.39 is 0 Å². The monoisotopic (exact) mass is 377 g/mol. The molecule has 1 unspecified atom stereocenters. The molecule has 5 nitrogen and oxygen atoms in total. The van der Waals surface area contributed by atoms with E-state index in [1.165, 1.54) is 11.3 Å². The van der Waals surface area contributed by atoms with E-state index in [-0.39, 0.29) is 36.8 Å². The average Bonchev–Trinajstić information content (AvgIpc) is 3.04. The molecule has 1 atom stereocenters. The van der Waals surface area contributed by atoms with Crippen molar-refractivity contribution in [3.8, 4) is 5.75 Å². The van der Waals surface area contributed by atoms with Crippen molar-refractivity contribution in [2.24, 2.45) is 0 Å². The molecule has 8 heteroatoms. The van der Waals surface area contributed by atoms with Crippen LogP contribution in [-0.4, -0.2) is 30.5 Å². The summed E-state index contributed by atoms with van der Waals surface area (Å²) in [5.74, 6) is 0.436. The van der Waals surface area contributed by atoms with Gasteiger partial charge in [0, 0.05) is 18.0 Å². The lowest BCUT2D eigenvalue weighted by Crippen LogP contribution is -2.37. The van der Waals surface area contributed by atoms with Crippen molar-refractivity contribution in [3.63, 3.8) is 0 Å². The van der Waals surface area contributed by atoms with Crippen LogP contribution < -0.4 is 15.4 Å². The number of para-hydroxylation sites is 1. The molecular formula is C15H21Cl2N3O2S. The number of nitrogens with zero attached hydrogens (tertiary/aromatic N) is 1. The number of thiazole rings is 1. The maximum Gasteiger partial charge on any atom is 0.255 e. The van der Waals surface area contributed by atoms with Crippen LogP contribution in [0.3, 0.4) is 0 Å². The largest absolute Gasteiger partial charge is 0.486 e. The SMILES string of the molecule is CNC(C)CNC(=O)c1ccccc1OCc1cscn1.Cl.Cl. The third-order valence-electron chi connectivity index (χ3n) is 3.05. The lowest BCUT2D eigenvalue weighted by atomic mass is 10.2. The van der Waals surface area contributed by atoms with Crippen LogP contribution in [0.25, 0.3) is 0 Å². The number of rotatable bonds is 7. The van der Waals surface area contributed by atoms with Gasteiger partial charge in [-0.2, -0.15) is 0 Å². The lowest BCUT2D eigenvalue weighted by Gasteiger charge is -2.13. The fourth-order valence-electron chi connectivity index (χ4n) is 1.68. The number of hydrogen-bond acceptors (Lipinski definition) is 5. The molecule has 2 N–H and O–H groups in total. The summed E-state index contributed by atoms with van der Waals surface area (Å²) in [4.78, 5) is 16.4. The fourth-order valence-corrected chi connectivity index (χ4v) is 2.23. The number of amides is 1. The Labute approximate surface area is 152 Å². The molecule has 1 heterocycles. The van der Waals surface area contributed by atoms with Gasteiger partial charge in [-0.05, 0) is 26.1 Å². The summed E-state index contributed by atoms with van der Waals surface area (Å²) in [5, 5.41) is 7.89. The first-order valence-corrected chi connectivity index (χ1v) is 7.69. The summed E-state index contributed by atoms with van der Waals surface area (Å²) in [6, 6.07) is 7.45. The zero-order valence-corrected chi connectivity index (χ0v) is 15.4. The number of likely N-dealkylation sites (N-methyl/N-ethyl adjacent to an activating group) is 1. The topological polar surface area (TPSA) is 63.2 Å². The molecular weight excluding hydrogens is 357 g/mol. The second kappa shape index (κ2) is 11.2. The van der Waals surface area contributed by atoms with Crippen LogP contribution >= 0.6 is 36.2 Å². The van der Waals surface area contributed by atoms with E-state index in [9.17, 15) is 4.79 Å². The molecule has 1 amide bonds. The highest BCUT2D eigenvalue weighted by Gasteiger charge is 2.12. The molecule has 0 aliphatic rings. The van der Waals surface area contributed by atoms with Crippen LogP contribution in [0, 0.1) is 0 Å². The third-order valence-corrected chi connectivity index (χ3v) is 3.69. The minimum Gasteiger partial charge on any atom is -0.486 e. The average molecular weight is 378 g/mol. The van der Waals surface area contributed by atoms with Gasteiger partial charge in [0.2, 0.25) is 0 Å². The molecule has 0 aliphatic carbocycles. The maximum absolute atomic E-state index is 12.2. The zero-order valence-electron chi connectivity index (χ0n) is 12.9.